The van der Waals surface area contributed by atoms with E-state index in [0.717, 1.165) is 5.57 Å². The van der Waals surface area contributed by atoms with Crippen molar-refractivity contribution in [3.05, 3.63) is 34.9 Å². The number of carboxylic acids is 1. The number of carboxylic acid groups (broad SMARTS) is 1. The van der Waals surface area contributed by atoms with Crippen LogP contribution in [0.1, 0.15) is 108 Å². The minimum absolute atomic E-state index is 0.145. The minimum atomic E-state index is -2.04. The van der Waals surface area contributed by atoms with Crippen molar-refractivity contribution >= 4 is 23.9 Å². The van der Waals surface area contributed by atoms with Gasteiger partial charge in [0.05, 0.1) is 49.5 Å². The Bertz CT molecular complexity index is 2190. The van der Waals surface area contributed by atoms with Gasteiger partial charge in [0.15, 0.2) is 24.8 Å². The average Bonchev–Trinajstić information content (AvgIpc) is 3.33. The molecule has 5 aliphatic carbocycles. The lowest BCUT2D eigenvalue weighted by Gasteiger charge is -2.73. The monoisotopic (exact) mass is 1020 g/mol. The van der Waals surface area contributed by atoms with Crippen LogP contribution in [-0.2, 0) is 52.3 Å². The molecule has 6 fully saturated rings. The van der Waals surface area contributed by atoms with Gasteiger partial charge >= 0.3 is 23.9 Å². The molecule has 4 saturated carbocycles. The molecule has 0 radical (unpaired) electrons. The van der Waals surface area contributed by atoms with Crippen molar-refractivity contribution in [2.24, 2.45) is 50.2 Å². The fourth-order valence-electron chi connectivity index (χ4n) is 14.8. The number of aliphatic hydroxyl groups excluding tert-OH is 8. The van der Waals surface area contributed by atoms with Crippen molar-refractivity contribution in [2.45, 2.75) is 194 Å². The quantitative estimate of drug-likeness (QED) is 0.0467. The number of esters is 3. The molecule has 0 aromatic carbocycles. The van der Waals surface area contributed by atoms with Crippen LogP contribution in [-0.4, -0.2) is 176 Å². The Labute approximate surface area is 420 Å². The summed E-state index contributed by atoms with van der Waals surface area (Å²) >= 11 is 0. The third-order valence-electron chi connectivity index (χ3n) is 19.5. The molecule has 0 spiro atoms. The molecule has 7 aliphatic rings. The molecule has 2 heterocycles. The Morgan fingerprint density at radius 2 is 1.38 bits per heavy atom. The van der Waals surface area contributed by atoms with Gasteiger partial charge in [0.25, 0.3) is 0 Å². The number of hydrogen-bond donors (Lipinski definition) is 9. The second-order valence-corrected chi connectivity index (χ2v) is 23.2. The van der Waals surface area contributed by atoms with Crippen molar-refractivity contribution in [3.63, 3.8) is 0 Å². The third-order valence-corrected chi connectivity index (χ3v) is 19.5. The first-order valence-corrected chi connectivity index (χ1v) is 25.2. The van der Waals surface area contributed by atoms with Gasteiger partial charge < -0.3 is 79.1 Å². The zero-order valence-electron chi connectivity index (χ0n) is 43.2. The van der Waals surface area contributed by atoms with E-state index in [1.807, 2.05) is 20.8 Å². The van der Waals surface area contributed by atoms with Gasteiger partial charge in [-0.3, -0.25) is 4.79 Å². The van der Waals surface area contributed by atoms with Gasteiger partial charge in [0, 0.05) is 22.0 Å². The van der Waals surface area contributed by atoms with E-state index in [-0.39, 0.29) is 24.3 Å². The first-order chi connectivity index (χ1) is 33.5. The molecule has 0 aromatic rings. The summed E-state index contributed by atoms with van der Waals surface area (Å²) in [6, 6.07) is 0. The maximum absolute atomic E-state index is 14.5. The van der Waals surface area contributed by atoms with E-state index in [0.29, 0.717) is 31.3 Å². The average molecular weight is 1020 g/mol. The number of carbonyl (C=O) groups excluding carboxylic acids is 3. The zero-order chi connectivity index (χ0) is 53.6. The number of allylic oxidation sites excluding steroid dienone is 3. The predicted molar refractivity (Wildman–Crippen MR) is 250 cm³/mol. The molecule has 20 nitrogen and oxygen atoms in total. The molecular formula is C52H78O20. The number of carbonyl (C=O) groups is 4. The summed E-state index contributed by atoms with van der Waals surface area (Å²) in [5.41, 5.74) is -5.49. The first-order valence-electron chi connectivity index (χ1n) is 25.2. The lowest BCUT2D eigenvalue weighted by Crippen LogP contribution is -2.76. The van der Waals surface area contributed by atoms with Crippen LogP contribution in [0.2, 0.25) is 0 Å². The molecule has 22 atom stereocenters. The van der Waals surface area contributed by atoms with E-state index in [9.17, 15) is 65.1 Å². The number of aliphatic hydroxyl groups is 8. The van der Waals surface area contributed by atoms with Crippen LogP contribution in [0.25, 0.3) is 0 Å². The topological polar surface area (TPSA) is 315 Å². The Balaban J connectivity index is 1.25. The van der Waals surface area contributed by atoms with Gasteiger partial charge in [-0.05, 0) is 102 Å². The van der Waals surface area contributed by atoms with E-state index in [1.165, 1.54) is 7.11 Å². The lowest BCUT2D eigenvalue weighted by molar-refractivity contribution is -0.357. The molecule has 0 amide bonds. The minimum Gasteiger partial charge on any atom is -0.479 e. The lowest BCUT2D eigenvalue weighted by atomic mass is 9.32. The normalized spacial score (nSPS) is 48.1. The number of hydrogen-bond acceptors (Lipinski definition) is 19. The van der Waals surface area contributed by atoms with Gasteiger partial charge in [-0.2, -0.15) is 0 Å². The summed E-state index contributed by atoms with van der Waals surface area (Å²) in [6.07, 6.45) is -16.1. The molecule has 2 saturated heterocycles. The number of ether oxygens (including phenoxy) is 7. The fraction of sp³-hybridized carbons (Fsp3) is 0.808. The van der Waals surface area contributed by atoms with E-state index in [4.69, 9.17) is 33.2 Å². The molecule has 406 valence electrons. The molecule has 9 N–H and O–H groups in total. The highest BCUT2D eigenvalue weighted by Gasteiger charge is 2.77. The van der Waals surface area contributed by atoms with Crippen LogP contribution in [0.15, 0.2) is 34.9 Å². The van der Waals surface area contributed by atoms with Crippen LogP contribution in [0.4, 0.5) is 0 Å². The zero-order valence-corrected chi connectivity index (χ0v) is 43.2. The number of methoxy groups -OCH3 is 1. The van der Waals surface area contributed by atoms with E-state index >= 15 is 0 Å². The first kappa shape index (κ1) is 56.3. The maximum Gasteiger partial charge on any atom is 0.335 e. The molecule has 20 heteroatoms. The van der Waals surface area contributed by atoms with E-state index in [1.54, 1.807) is 46.8 Å². The van der Waals surface area contributed by atoms with Gasteiger partial charge in [-0.25, -0.2) is 14.4 Å². The highest BCUT2D eigenvalue weighted by Crippen LogP contribution is 2.76. The Kier molecular flexibility index (Phi) is 15.6. The van der Waals surface area contributed by atoms with Crippen LogP contribution in [0.5, 0.6) is 0 Å². The predicted octanol–water partition coefficient (Wildman–Crippen LogP) is 1.59. The summed E-state index contributed by atoms with van der Waals surface area (Å²) in [6.45, 7) is 16.9. The van der Waals surface area contributed by atoms with E-state index in [2.05, 4.69) is 19.9 Å². The van der Waals surface area contributed by atoms with Crippen molar-refractivity contribution < 1.29 is 98.3 Å². The standard InChI is InChI=1S/C52H78O20/c1-12-23(3)42(63)71-39-40(72-43(64)24(4)13-2)52(22-53)26(20-47(39,5)6)25-14-15-28-48(7)18-17-30(50(9,46(65)66-11)29(48)16-19-49(28,8)51(25,10)37(59)38(52)60)68-45-34(58)35(33(57)36(70-45)41(61)62)69-44-32(56)31(55)27(54)21-67-44/h12-14,26-40,44-45,53-60H,15-22H2,1-11H3,(H,61,62)/b23-12-,24-13-/t26-,27-,28+,29+,30-,31-,32+,33-,34+,35-,36-,37-,38+,39-,40-,44-,45+,48+,49+,50-,51-,52-/m0/s1. The molecule has 0 unspecified atom stereocenters. The molecule has 0 bridgehead atoms. The summed E-state index contributed by atoms with van der Waals surface area (Å²) in [4.78, 5) is 54.3. The number of aliphatic carboxylic acids is 1. The molecule has 0 aromatic heterocycles. The largest absolute Gasteiger partial charge is 0.479 e. The SMILES string of the molecule is C/C=C(/C)C(=O)O[C@H]1[C@H](OC(=O)/C(C)=C\C)[C@]2(CO)[C@H](O)[C@H](O)[C@]3(C)C(=CC[C@@H]4[C@@]5(C)CC[C@H](O[C@@H]6O[C@H](C(=O)O)[C@@H](O)[C@H](O[C@@H]7OC[C@H](O)[C@H](O)[C@H]7O)[C@H]6O)[C@@](C)(C(=O)OC)[C@@H]5CC[C@]43C)[C@@H]2CC1(C)C. The fourth-order valence-corrected chi connectivity index (χ4v) is 14.8. The number of fused-ring (bicyclic) bond motifs is 7. The highest BCUT2D eigenvalue weighted by atomic mass is 16.7. The van der Waals surface area contributed by atoms with Crippen molar-refractivity contribution in [2.75, 3.05) is 20.3 Å². The van der Waals surface area contributed by atoms with Crippen LogP contribution < -0.4 is 0 Å². The number of rotatable bonds is 11. The summed E-state index contributed by atoms with van der Waals surface area (Å²) in [5.74, 6) is -5.15. The Morgan fingerprint density at radius 3 is 1.94 bits per heavy atom. The van der Waals surface area contributed by atoms with Crippen LogP contribution in [0.3, 0.4) is 0 Å². The summed E-state index contributed by atoms with van der Waals surface area (Å²) in [5, 5.41) is 101. The Morgan fingerprint density at radius 1 is 0.764 bits per heavy atom. The van der Waals surface area contributed by atoms with Gasteiger partial charge in [0.2, 0.25) is 0 Å². The van der Waals surface area contributed by atoms with Gasteiger partial charge in [-0.15, -0.1) is 0 Å². The Hall–Kier alpha value is -3.38. The third kappa shape index (κ3) is 8.33. The highest BCUT2D eigenvalue weighted by molar-refractivity contribution is 5.89. The second-order valence-electron chi connectivity index (χ2n) is 23.2. The van der Waals surface area contributed by atoms with E-state index < -0.39 is 167 Å². The molecule has 7 rings (SSSR count). The second kappa shape index (κ2) is 20.0. The molecular weight excluding hydrogens is 945 g/mol. The van der Waals surface area contributed by atoms with Crippen molar-refractivity contribution in [3.8, 4) is 0 Å². The van der Waals surface area contributed by atoms with Crippen molar-refractivity contribution in [1.82, 2.24) is 0 Å². The maximum atomic E-state index is 14.5. The van der Waals surface area contributed by atoms with Gasteiger partial charge in [-0.1, -0.05) is 58.4 Å². The summed E-state index contributed by atoms with van der Waals surface area (Å²) in [7, 11) is 1.24. The summed E-state index contributed by atoms with van der Waals surface area (Å²) < 4.78 is 41.3. The van der Waals surface area contributed by atoms with Crippen LogP contribution in [0, 0.1) is 50.2 Å². The molecule has 72 heavy (non-hydrogen) atoms. The van der Waals surface area contributed by atoms with Crippen LogP contribution >= 0.6 is 0 Å². The van der Waals surface area contributed by atoms with Crippen molar-refractivity contribution in [1.29, 1.82) is 0 Å². The smallest absolute Gasteiger partial charge is 0.335 e. The van der Waals surface area contributed by atoms with Gasteiger partial charge in [0.1, 0.15) is 42.7 Å². The molecule has 2 aliphatic heterocycles.